The molecule has 34 heavy (non-hydrogen) atoms. The van der Waals surface area contributed by atoms with Crippen molar-refractivity contribution in [1.29, 1.82) is 0 Å². The van der Waals surface area contributed by atoms with Gasteiger partial charge in [0.2, 0.25) is 17.9 Å². The molecule has 0 unspecified atom stereocenters. The van der Waals surface area contributed by atoms with E-state index in [9.17, 15) is 4.79 Å². The first-order chi connectivity index (χ1) is 16.5. The Bertz CT molecular complexity index is 1230. The molecule has 1 amide bonds. The van der Waals surface area contributed by atoms with Gasteiger partial charge in [-0.1, -0.05) is 11.8 Å². The Morgan fingerprint density at radius 3 is 2.74 bits per heavy atom. The summed E-state index contributed by atoms with van der Waals surface area (Å²) >= 11 is 1.13. The third-order valence-corrected chi connectivity index (χ3v) is 5.72. The van der Waals surface area contributed by atoms with Gasteiger partial charge < -0.3 is 30.1 Å². The van der Waals surface area contributed by atoms with Gasteiger partial charge in [-0.15, -0.1) is 10.2 Å². The topological polar surface area (TPSA) is 147 Å². The van der Waals surface area contributed by atoms with Crippen molar-refractivity contribution in [3.05, 3.63) is 42.0 Å². The Balaban J connectivity index is 1.33. The lowest BCUT2D eigenvalue weighted by molar-refractivity contribution is -0.113. The molecule has 12 nitrogen and oxygen atoms in total. The second-order valence-electron chi connectivity index (χ2n) is 6.96. The minimum Gasteiger partial charge on any atom is -0.493 e. The summed E-state index contributed by atoms with van der Waals surface area (Å²) in [6.07, 6.45) is 0. The summed E-state index contributed by atoms with van der Waals surface area (Å²) in [6, 6.07) is 10.6. The molecule has 178 valence electrons. The predicted molar refractivity (Wildman–Crippen MR) is 127 cm³/mol. The van der Waals surface area contributed by atoms with E-state index in [1.165, 1.54) is 11.8 Å². The Hall–Kier alpha value is -4.13. The largest absolute Gasteiger partial charge is 0.493 e. The van der Waals surface area contributed by atoms with Gasteiger partial charge in [0.05, 0.1) is 25.7 Å². The summed E-state index contributed by atoms with van der Waals surface area (Å²) in [5, 5.41) is 15.4. The Morgan fingerprint density at radius 2 is 1.94 bits per heavy atom. The SMILES string of the molecule is COc1ccc(NC(=O)CSc2nnc(N/N=C(\C)c3ccc4c(c3)OCO4)n2N)cc1OC. The highest BCUT2D eigenvalue weighted by Gasteiger charge is 2.15. The Morgan fingerprint density at radius 1 is 1.15 bits per heavy atom. The predicted octanol–water partition coefficient (Wildman–Crippen LogP) is 2.30. The maximum absolute atomic E-state index is 12.4. The number of hydrazone groups is 1. The number of nitrogens with two attached hydrogens (primary N) is 1. The molecule has 4 rings (SSSR count). The molecule has 0 aliphatic carbocycles. The minimum absolute atomic E-state index is 0.0726. The molecule has 3 aromatic rings. The molecule has 13 heteroatoms. The van der Waals surface area contributed by atoms with E-state index in [0.717, 1.165) is 17.3 Å². The van der Waals surface area contributed by atoms with Crippen LogP contribution in [-0.2, 0) is 4.79 Å². The zero-order valence-electron chi connectivity index (χ0n) is 18.7. The number of thioether (sulfide) groups is 1. The zero-order valence-corrected chi connectivity index (χ0v) is 19.5. The lowest BCUT2D eigenvalue weighted by Gasteiger charge is -2.10. The van der Waals surface area contributed by atoms with Crippen LogP contribution in [0.25, 0.3) is 0 Å². The van der Waals surface area contributed by atoms with Crippen LogP contribution in [-0.4, -0.2) is 53.3 Å². The molecule has 0 radical (unpaired) electrons. The van der Waals surface area contributed by atoms with E-state index in [4.69, 9.17) is 24.8 Å². The van der Waals surface area contributed by atoms with Gasteiger partial charge in [-0.05, 0) is 37.3 Å². The number of amides is 1. The number of methoxy groups -OCH3 is 2. The third-order valence-electron chi connectivity index (χ3n) is 4.78. The third kappa shape index (κ3) is 5.09. The number of aromatic nitrogens is 3. The number of nitrogens with one attached hydrogen (secondary N) is 2. The van der Waals surface area contributed by atoms with Gasteiger partial charge >= 0.3 is 0 Å². The molecule has 2 heterocycles. The molecule has 0 bridgehead atoms. The van der Waals surface area contributed by atoms with Gasteiger partial charge in [-0.3, -0.25) is 4.79 Å². The number of anilines is 2. The van der Waals surface area contributed by atoms with Crippen LogP contribution in [0.2, 0.25) is 0 Å². The molecule has 1 aliphatic heterocycles. The van der Waals surface area contributed by atoms with Crippen LogP contribution in [0.15, 0.2) is 46.7 Å². The van der Waals surface area contributed by atoms with Crippen molar-refractivity contribution < 1.29 is 23.7 Å². The highest BCUT2D eigenvalue weighted by atomic mass is 32.2. The quantitative estimate of drug-likeness (QED) is 0.178. The van der Waals surface area contributed by atoms with Crippen molar-refractivity contribution in [1.82, 2.24) is 14.9 Å². The van der Waals surface area contributed by atoms with Gasteiger partial charge in [-0.2, -0.15) is 5.10 Å². The van der Waals surface area contributed by atoms with E-state index in [0.29, 0.717) is 39.6 Å². The summed E-state index contributed by atoms with van der Waals surface area (Å²) in [4.78, 5) is 12.4. The first kappa shape index (κ1) is 23.0. The van der Waals surface area contributed by atoms with Crippen molar-refractivity contribution in [2.45, 2.75) is 12.1 Å². The second-order valence-corrected chi connectivity index (χ2v) is 7.90. The van der Waals surface area contributed by atoms with Crippen molar-refractivity contribution in [3.63, 3.8) is 0 Å². The summed E-state index contributed by atoms with van der Waals surface area (Å²) in [5.41, 5.74) is 4.90. The van der Waals surface area contributed by atoms with Crippen LogP contribution in [0.1, 0.15) is 12.5 Å². The number of carbonyl (C=O) groups excluding carboxylic acids is 1. The molecule has 0 saturated heterocycles. The smallest absolute Gasteiger partial charge is 0.264 e. The monoisotopic (exact) mass is 485 g/mol. The number of nitrogens with zero attached hydrogens (tertiary/aromatic N) is 4. The summed E-state index contributed by atoms with van der Waals surface area (Å²) in [6.45, 7) is 2.03. The number of hydrogen-bond acceptors (Lipinski definition) is 11. The highest BCUT2D eigenvalue weighted by Crippen LogP contribution is 2.33. The minimum atomic E-state index is -0.244. The normalized spacial score (nSPS) is 12.4. The average Bonchev–Trinajstić information content (AvgIpc) is 3.46. The van der Waals surface area contributed by atoms with Gasteiger partial charge in [0.15, 0.2) is 23.0 Å². The number of rotatable bonds is 9. The first-order valence-corrected chi connectivity index (χ1v) is 11.0. The van der Waals surface area contributed by atoms with Crippen LogP contribution in [0, 0.1) is 0 Å². The van der Waals surface area contributed by atoms with Gasteiger partial charge in [0, 0.05) is 17.3 Å². The van der Waals surface area contributed by atoms with E-state index in [1.807, 2.05) is 25.1 Å². The van der Waals surface area contributed by atoms with Crippen molar-refractivity contribution in [2.75, 3.05) is 43.4 Å². The fraction of sp³-hybridized carbons (Fsp3) is 0.238. The van der Waals surface area contributed by atoms with Gasteiger partial charge in [0.25, 0.3) is 5.95 Å². The van der Waals surface area contributed by atoms with E-state index in [2.05, 4.69) is 26.0 Å². The van der Waals surface area contributed by atoms with Crippen molar-refractivity contribution >= 4 is 35.0 Å². The standard InChI is InChI=1S/C21H23N7O5S/c1-12(13-4-6-16-18(8-13)33-11-32-16)24-25-20-26-27-21(28(20)22)34-10-19(29)23-14-5-7-15(30-2)17(9-14)31-3/h4-9H,10-11,22H2,1-3H3,(H,23,29)(H,25,26)/b24-12+. The fourth-order valence-electron chi connectivity index (χ4n) is 3.01. The molecule has 4 N–H and O–H groups in total. The second kappa shape index (κ2) is 10.2. The molecule has 0 spiro atoms. The molecule has 1 aliphatic rings. The van der Waals surface area contributed by atoms with E-state index in [1.54, 1.807) is 25.3 Å². The van der Waals surface area contributed by atoms with E-state index >= 15 is 0 Å². The average molecular weight is 486 g/mol. The number of benzene rings is 2. The number of hydrogen-bond donors (Lipinski definition) is 3. The van der Waals surface area contributed by atoms with Crippen LogP contribution in [0.5, 0.6) is 23.0 Å². The van der Waals surface area contributed by atoms with Crippen molar-refractivity contribution in [2.24, 2.45) is 5.10 Å². The lowest BCUT2D eigenvalue weighted by Crippen LogP contribution is -2.17. The first-order valence-electron chi connectivity index (χ1n) is 10.0. The number of nitrogen functional groups attached to an aromatic ring is 1. The van der Waals surface area contributed by atoms with Crippen LogP contribution in [0.3, 0.4) is 0 Å². The molecule has 0 saturated carbocycles. The zero-order chi connectivity index (χ0) is 24.1. The molecule has 0 fully saturated rings. The number of ether oxygens (including phenoxy) is 4. The molecule has 0 atom stereocenters. The Labute approximate surface area is 199 Å². The number of carbonyl (C=O) groups is 1. The summed E-state index contributed by atoms with van der Waals surface area (Å²) < 4.78 is 22.4. The lowest BCUT2D eigenvalue weighted by atomic mass is 10.1. The van der Waals surface area contributed by atoms with Gasteiger partial charge in [0.1, 0.15) is 0 Å². The van der Waals surface area contributed by atoms with Crippen molar-refractivity contribution in [3.8, 4) is 23.0 Å². The summed E-state index contributed by atoms with van der Waals surface area (Å²) in [5.74, 6) is 8.56. The maximum atomic E-state index is 12.4. The number of fused-ring (bicyclic) bond motifs is 1. The fourth-order valence-corrected chi connectivity index (χ4v) is 3.67. The molecule has 1 aromatic heterocycles. The van der Waals surface area contributed by atoms with E-state index < -0.39 is 0 Å². The van der Waals surface area contributed by atoms with Crippen LogP contribution in [0.4, 0.5) is 11.6 Å². The van der Waals surface area contributed by atoms with Gasteiger partial charge in [-0.25, -0.2) is 10.1 Å². The highest BCUT2D eigenvalue weighted by molar-refractivity contribution is 7.99. The molecule has 2 aromatic carbocycles. The molecular formula is C21H23N7O5S. The van der Waals surface area contributed by atoms with Crippen LogP contribution < -0.4 is 35.5 Å². The van der Waals surface area contributed by atoms with E-state index in [-0.39, 0.29) is 24.4 Å². The summed E-state index contributed by atoms with van der Waals surface area (Å²) in [7, 11) is 3.07. The molecular weight excluding hydrogens is 462 g/mol. The maximum Gasteiger partial charge on any atom is 0.264 e. The Kier molecular flexibility index (Phi) is 6.92. The van der Waals surface area contributed by atoms with Crippen LogP contribution >= 0.6 is 11.8 Å².